The average Bonchev–Trinajstić information content (AvgIpc) is 2.45. The van der Waals surface area contributed by atoms with Crippen LogP contribution in [0.1, 0.15) is 49.7 Å². The van der Waals surface area contributed by atoms with Crippen LogP contribution in [0.25, 0.3) is 0 Å². The van der Waals surface area contributed by atoms with E-state index in [0.29, 0.717) is 0 Å². The van der Waals surface area contributed by atoms with Gasteiger partial charge < -0.3 is 4.90 Å². The maximum Gasteiger partial charge on any atom is 0.0159 e. The van der Waals surface area contributed by atoms with Crippen LogP contribution in [-0.2, 0) is 6.42 Å². The molecule has 1 aliphatic carbocycles. The van der Waals surface area contributed by atoms with Crippen LogP contribution in [0, 0.1) is 0 Å². The van der Waals surface area contributed by atoms with Crippen LogP contribution in [-0.4, -0.2) is 29.9 Å². The van der Waals surface area contributed by atoms with E-state index in [1.165, 1.54) is 51.7 Å². The van der Waals surface area contributed by atoms with E-state index in [2.05, 4.69) is 52.0 Å². The Labute approximate surface area is 126 Å². The van der Waals surface area contributed by atoms with Crippen molar-refractivity contribution >= 4 is 15.9 Å². The van der Waals surface area contributed by atoms with Crippen molar-refractivity contribution in [3.63, 3.8) is 0 Å². The molecule has 1 unspecified atom stereocenters. The van der Waals surface area contributed by atoms with Gasteiger partial charge in [-0.25, -0.2) is 0 Å². The van der Waals surface area contributed by atoms with Crippen LogP contribution in [0.3, 0.4) is 0 Å². The number of hydrogen-bond acceptors (Lipinski definition) is 1. The number of rotatable bonds is 7. The number of benzene rings is 1. The molecule has 1 aliphatic rings. The SMILES string of the molecule is CCCCN(CCBr)CC1CCCc2ccccc21. The van der Waals surface area contributed by atoms with Crippen molar-refractivity contribution < 1.29 is 0 Å². The van der Waals surface area contributed by atoms with E-state index in [1.807, 2.05) is 0 Å². The number of unbranched alkanes of at least 4 members (excludes halogenated alkanes) is 1. The van der Waals surface area contributed by atoms with Crippen LogP contribution >= 0.6 is 15.9 Å². The van der Waals surface area contributed by atoms with E-state index in [1.54, 1.807) is 11.1 Å². The van der Waals surface area contributed by atoms with Crippen molar-refractivity contribution in [3.05, 3.63) is 35.4 Å². The third-order valence-electron chi connectivity index (χ3n) is 4.20. The predicted octanol–water partition coefficient (Wildman–Crippen LogP) is 4.60. The number of fused-ring (bicyclic) bond motifs is 1. The fourth-order valence-corrected chi connectivity index (χ4v) is 3.65. The van der Waals surface area contributed by atoms with Gasteiger partial charge in [-0.2, -0.15) is 0 Å². The molecule has 0 saturated heterocycles. The monoisotopic (exact) mass is 323 g/mol. The zero-order valence-corrected chi connectivity index (χ0v) is 13.7. The lowest BCUT2D eigenvalue weighted by Gasteiger charge is -2.31. The third-order valence-corrected chi connectivity index (χ3v) is 4.56. The Morgan fingerprint density at radius 3 is 2.89 bits per heavy atom. The van der Waals surface area contributed by atoms with Gasteiger partial charge in [-0.1, -0.05) is 53.5 Å². The molecule has 0 amide bonds. The van der Waals surface area contributed by atoms with Crippen LogP contribution < -0.4 is 0 Å². The summed E-state index contributed by atoms with van der Waals surface area (Å²) in [4.78, 5) is 2.64. The molecule has 2 heteroatoms. The Hall–Kier alpha value is -0.340. The van der Waals surface area contributed by atoms with Crippen LogP contribution in [0.5, 0.6) is 0 Å². The second-order valence-corrected chi connectivity index (χ2v) is 6.42. The Kier molecular flexibility index (Phi) is 6.39. The molecule has 0 radical (unpaired) electrons. The Bertz CT molecular complexity index is 377. The lowest BCUT2D eigenvalue weighted by atomic mass is 9.82. The van der Waals surface area contributed by atoms with Gasteiger partial charge in [0.2, 0.25) is 0 Å². The fourth-order valence-electron chi connectivity index (χ4n) is 3.15. The second kappa shape index (κ2) is 8.06. The lowest BCUT2D eigenvalue weighted by molar-refractivity contribution is 0.258. The first-order valence-corrected chi connectivity index (χ1v) is 8.83. The summed E-state index contributed by atoms with van der Waals surface area (Å²) in [5.74, 6) is 0.751. The van der Waals surface area contributed by atoms with Gasteiger partial charge in [-0.3, -0.25) is 0 Å². The Morgan fingerprint density at radius 2 is 2.11 bits per heavy atom. The first-order chi connectivity index (χ1) is 9.35. The zero-order chi connectivity index (χ0) is 13.5. The molecule has 1 atom stereocenters. The van der Waals surface area contributed by atoms with Gasteiger partial charge in [-0.15, -0.1) is 0 Å². The Morgan fingerprint density at radius 1 is 1.26 bits per heavy atom. The van der Waals surface area contributed by atoms with E-state index in [4.69, 9.17) is 0 Å². The lowest BCUT2D eigenvalue weighted by Crippen LogP contribution is -2.32. The summed E-state index contributed by atoms with van der Waals surface area (Å²) in [6.07, 6.45) is 6.61. The molecule has 1 nitrogen and oxygen atoms in total. The first-order valence-electron chi connectivity index (χ1n) is 7.71. The van der Waals surface area contributed by atoms with Crippen molar-refractivity contribution in [3.8, 4) is 0 Å². The predicted molar refractivity (Wildman–Crippen MR) is 87.3 cm³/mol. The van der Waals surface area contributed by atoms with Gasteiger partial charge in [0.25, 0.3) is 0 Å². The fraction of sp³-hybridized carbons (Fsp3) is 0.647. The minimum absolute atomic E-state index is 0.751. The third kappa shape index (κ3) is 4.32. The molecule has 2 rings (SSSR count). The molecule has 0 spiro atoms. The summed E-state index contributed by atoms with van der Waals surface area (Å²) in [6.45, 7) is 5.95. The summed E-state index contributed by atoms with van der Waals surface area (Å²) in [5.41, 5.74) is 3.21. The smallest absolute Gasteiger partial charge is 0.0159 e. The molecule has 19 heavy (non-hydrogen) atoms. The van der Waals surface area contributed by atoms with Crippen molar-refractivity contribution in [1.29, 1.82) is 0 Å². The largest absolute Gasteiger partial charge is 0.302 e. The highest BCUT2D eigenvalue weighted by Crippen LogP contribution is 2.32. The molecule has 0 saturated carbocycles. The summed E-state index contributed by atoms with van der Waals surface area (Å²) < 4.78 is 0. The molecule has 0 bridgehead atoms. The minimum Gasteiger partial charge on any atom is -0.302 e. The standard InChI is InChI=1S/C17H26BrN/c1-2-3-12-19(13-11-18)14-16-9-6-8-15-7-4-5-10-17(15)16/h4-5,7,10,16H,2-3,6,8-9,11-14H2,1H3. The van der Waals surface area contributed by atoms with Crippen molar-refractivity contribution in [2.45, 2.75) is 44.9 Å². The van der Waals surface area contributed by atoms with Crippen molar-refractivity contribution in [1.82, 2.24) is 4.90 Å². The minimum atomic E-state index is 0.751. The topological polar surface area (TPSA) is 3.24 Å². The van der Waals surface area contributed by atoms with E-state index >= 15 is 0 Å². The zero-order valence-electron chi connectivity index (χ0n) is 12.1. The molecule has 0 aromatic heterocycles. The summed E-state index contributed by atoms with van der Waals surface area (Å²) in [5, 5.41) is 1.09. The molecule has 0 aliphatic heterocycles. The maximum absolute atomic E-state index is 3.60. The highest BCUT2D eigenvalue weighted by Gasteiger charge is 2.21. The summed E-state index contributed by atoms with van der Waals surface area (Å²) >= 11 is 3.60. The quantitative estimate of drug-likeness (QED) is 0.662. The maximum atomic E-state index is 3.60. The first kappa shape index (κ1) is 15.1. The number of halogens is 1. The molecule has 1 aromatic rings. The number of nitrogens with zero attached hydrogens (tertiary/aromatic N) is 1. The summed E-state index contributed by atoms with van der Waals surface area (Å²) in [7, 11) is 0. The van der Waals surface area contributed by atoms with Crippen LogP contribution in [0.2, 0.25) is 0 Å². The molecular formula is C17H26BrN. The molecule has 0 heterocycles. The van der Waals surface area contributed by atoms with Crippen LogP contribution in [0.4, 0.5) is 0 Å². The van der Waals surface area contributed by atoms with E-state index in [-0.39, 0.29) is 0 Å². The normalized spacial score (nSPS) is 18.6. The van der Waals surface area contributed by atoms with Gasteiger partial charge in [0, 0.05) is 18.4 Å². The number of alkyl halides is 1. The molecule has 106 valence electrons. The average molecular weight is 324 g/mol. The molecule has 0 fully saturated rings. The summed E-state index contributed by atoms with van der Waals surface area (Å²) in [6, 6.07) is 9.07. The van der Waals surface area contributed by atoms with E-state index in [0.717, 1.165) is 11.2 Å². The van der Waals surface area contributed by atoms with E-state index < -0.39 is 0 Å². The van der Waals surface area contributed by atoms with Crippen molar-refractivity contribution in [2.75, 3.05) is 25.0 Å². The van der Waals surface area contributed by atoms with Gasteiger partial charge in [-0.05, 0) is 49.3 Å². The van der Waals surface area contributed by atoms with Gasteiger partial charge in [0.1, 0.15) is 0 Å². The molecule has 0 N–H and O–H groups in total. The highest BCUT2D eigenvalue weighted by atomic mass is 79.9. The van der Waals surface area contributed by atoms with Gasteiger partial charge in [0.15, 0.2) is 0 Å². The van der Waals surface area contributed by atoms with E-state index in [9.17, 15) is 0 Å². The Balaban J connectivity index is 2.01. The van der Waals surface area contributed by atoms with Crippen molar-refractivity contribution in [2.24, 2.45) is 0 Å². The number of hydrogen-bond donors (Lipinski definition) is 0. The molecule has 1 aromatic carbocycles. The highest BCUT2D eigenvalue weighted by molar-refractivity contribution is 9.09. The second-order valence-electron chi connectivity index (χ2n) is 5.63. The van der Waals surface area contributed by atoms with Gasteiger partial charge in [0.05, 0.1) is 0 Å². The van der Waals surface area contributed by atoms with Crippen LogP contribution in [0.15, 0.2) is 24.3 Å². The molecular weight excluding hydrogens is 298 g/mol. The van der Waals surface area contributed by atoms with Gasteiger partial charge >= 0.3 is 0 Å². The number of aryl methyl sites for hydroxylation is 1.